The van der Waals surface area contributed by atoms with Crippen LogP contribution in [0.15, 0.2) is 53.9 Å². The minimum Gasteiger partial charge on any atom is -0.434 e. The summed E-state index contributed by atoms with van der Waals surface area (Å²) in [6.45, 7) is -1.88. The third kappa shape index (κ3) is 5.12. The predicted octanol–water partition coefficient (Wildman–Crippen LogP) is 2.14. The van der Waals surface area contributed by atoms with Gasteiger partial charge in [-0.1, -0.05) is 0 Å². The molecule has 184 valence electrons. The van der Waals surface area contributed by atoms with E-state index < -0.39 is 34.2 Å². The number of alkyl halides is 2. The lowest BCUT2D eigenvalue weighted by Crippen LogP contribution is -2.18. The number of carbonyl (C=O) groups excluding carboxylic acids is 1. The molecule has 1 amide bonds. The number of aliphatic hydroxyl groups is 1. The molecule has 3 heterocycles. The Balaban J connectivity index is 1.78. The van der Waals surface area contributed by atoms with E-state index in [0.29, 0.717) is 5.65 Å². The summed E-state index contributed by atoms with van der Waals surface area (Å²) in [5.74, 6) is -1.51. The van der Waals surface area contributed by atoms with E-state index in [1.165, 1.54) is 41.8 Å². The average Bonchev–Trinajstić information content (AvgIpc) is 3.36. The SMILES string of the molecule is C[C@@H](O)CS(=O)(=O)c1ccc(OC(F)F)c(-c2nn(C)cc2NC(=O)c2cnn3cccnc23)c1. The van der Waals surface area contributed by atoms with Crippen molar-refractivity contribution in [2.24, 2.45) is 7.05 Å². The predicted molar refractivity (Wildman–Crippen MR) is 120 cm³/mol. The van der Waals surface area contributed by atoms with Crippen molar-refractivity contribution in [3.05, 3.63) is 54.6 Å². The molecule has 1 atom stereocenters. The fourth-order valence-electron chi connectivity index (χ4n) is 3.46. The van der Waals surface area contributed by atoms with Gasteiger partial charge in [0.25, 0.3) is 5.91 Å². The minimum atomic E-state index is -3.96. The molecule has 0 saturated heterocycles. The lowest BCUT2D eigenvalue weighted by molar-refractivity contribution is -0.0494. The van der Waals surface area contributed by atoms with Gasteiger partial charge >= 0.3 is 6.61 Å². The first-order chi connectivity index (χ1) is 16.5. The largest absolute Gasteiger partial charge is 0.434 e. The van der Waals surface area contributed by atoms with Gasteiger partial charge in [-0.2, -0.15) is 19.0 Å². The van der Waals surface area contributed by atoms with E-state index in [9.17, 15) is 27.1 Å². The third-order valence-electron chi connectivity index (χ3n) is 4.84. The maximum absolute atomic E-state index is 13.1. The number of rotatable bonds is 8. The van der Waals surface area contributed by atoms with Crippen LogP contribution < -0.4 is 10.1 Å². The number of sulfone groups is 1. The number of carbonyl (C=O) groups is 1. The Labute approximate surface area is 197 Å². The summed E-state index contributed by atoms with van der Waals surface area (Å²) >= 11 is 0. The fourth-order valence-corrected chi connectivity index (χ4v) is 4.86. The van der Waals surface area contributed by atoms with E-state index in [-0.39, 0.29) is 33.2 Å². The van der Waals surface area contributed by atoms with Gasteiger partial charge in [-0.25, -0.2) is 17.9 Å². The zero-order valence-electron chi connectivity index (χ0n) is 18.5. The molecule has 0 aliphatic heterocycles. The molecule has 0 aliphatic carbocycles. The molecular weight excluding hydrogens is 486 g/mol. The van der Waals surface area contributed by atoms with Gasteiger partial charge in [-0.3, -0.25) is 9.48 Å². The lowest BCUT2D eigenvalue weighted by Gasteiger charge is -2.13. The summed E-state index contributed by atoms with van der Waals surface area (Å²) in [6.07, 6.45) is 4.71. The monoisotopic (exact) mass is 506 g/mol. The van der Waals surface area contributed by atoms with E-state index in [1.54, 1.807) is 12.3 Å². The molecule has 35 heavy (non-hydrogen) atoms. The maximum atomic E-state index is 13.1. The molecule has 0 fully saturated rings. The molecule has 3 aromatic heterocycles. The van der Waals surface area contributed by atoms with E-state index >= 15 is 0 Å². The van der Waals surface area contributed by atoms with E-state index in [2.05, 4.69) is 25.2 Å². The summed E-state index contributed by atoms with van der Waals surface area (Å²) in [6, 6.07) is 4.94. The number of anilines is 1. The summed E-state index contributed by atoms with van der Waals surface area (Å²) in [4.78, 5) is 16.9. The number of hydrogen-bond acceptors (Lipinski definition) is 8. The topological polar surface area (TPSA) is 141 Å². The first kappa shape index (κ1) is 24.2. The molecule has 0 radical (unpaired) electrons. The van der Waals surface area contributed by atoms with Crippen molar-refractivity contribution >= 4 is 27.1 Å². The van der Waals surface area contributed by atoms with Crippen LogP contribution in [0.5, 0.6) is 5.75 Å². The molecule has 0 aliphatic rings. The Bertz CT molecular complexity index is 1500. The normalized spacial score (nSPS) is 12.7. The standard InChI is InChI=1S/C21H20F2N6O5S/c1-12(30)11-35(32,33)13-4-5-17(34-21(22)23)14(8-13)18-16(10-28(2)27-18)26-20(31)15-9-25-29-7-3-6-24-19(15)29/h3-10,12,21,30H,11H2,1-2H3,(H,26,31)/t12-/m1/s1. The summed E-state index contributed by atoms with van der Waals surface area (Å²) in [5, 5.41) is 20.5. The van der Waals surface area contributed by atoms with Crippen molar-refractivity contribution in [1.82, 2.24) is 24.4 Å². The van der Waals surface area contributed by atoms with Crippen LogP contribution in [0.1, 0.15) is 17.3 Å². The van der Waals surface area contributed by atoms with Crippen LogP contribution in [-0.2, 0) is 16.9 Å². The number of fused-ring (bicyclic) bond motifs is 1. The second kappa shape index (κ2) is 9.38. The first-order valence-corrected chi connectivity index (χ1v) is 11.8. The van der Waals surface area contributed by atoms with E-state index in [4.69, 9.17) is 0 Å². The van der Waals surface area contributed by atoms with Crippen molar-refractivity contribution in [3.8, 4) is 17.0 Å². The van der Waals surface area contributed by atoms with Gasteiger partial charge in [0.2, 0.25) is 0 Å². The molecule has 1 aromatic carbocycles. The highest BCUT2D eigenvalue weighted by atomic mass is 32.2. The molecule has 0 saturated carbocycles. The molecule has 2 N–H and O–H groups in total. The number of aliphatic hydroxyl groups excluding tert-OH is 1. The fraction of sp³-hybridized carbons (Fsp3) is 0.238. The Hall–Kier alpha value is -3.91. The van der Waals surface area contributed by atoms with E-state index in [1.807, 2.05) is 0 Å². The molecule has 0 unspecified atom stereocenters. The number of nitrogens with zero attached hydrogens (tertiary/aromatic N) is 5. The third-order valence-corrected chi connectivity index (χ3v) is 6.74. The number of nitrogens with one attached hydrogen (secondary N) is 1. The first-order valence-electron chi connectivity index (χ1n) is 10.2. The number of halogens is 2. The molecular formula is C21H20F2N6O5S. The Morgan fingerprint density at radius 3 is 2.80 bits per heavy atom. The molecule has 4 rings (SSSR count). The second-order valence-corrected chi connectivity index (χ2v) is 9.67. The van der Waals surface area contributed by atoms with Crippen molar-refractivity contribution in [1.29, 1.82) is 0 Å². The van der Waals surface area contributed by atoms with Crippen LogP contribution in [0.25, 0.3) is 16.9 Å². The van der Waals surface area contributed by atoms with Crippen LogP contribution in [0.2, 0.25) is 0 Å². The zero-order valence-corrected chi connectivity index (χ0v) is 19.3. The highest BCUT2D eigenvalue weighted by Gasteiger charge is 2.25. The molecule has 14 heteroatoms. The number of hydrogen-bond donors (Lipinski definition) is 2. The van der Waals surface area contributed by atoms with E-state index in [0.717, 1.165) is 18.2 Å². The number of aryl methyl sites for hydroxylation is 1. The van der Waals surface area contributed by atoms with Crippen LogP contribution in [0.3, 0.4) is 0 Å². The minimum absolute atomic E-state index is 0.00460. The van der Waals surface area contributed by atoms with Crippen LogP contribution in [0.4, 0.5) is 14.5 Å². The number of aromatic nitrogens is 5. The summed E-state index contributed by atoms with van der Waals surface area (Å²) in [7, 11) is -2.42. The van der Waals surface area contributed by atoms with Gasteiger partial charge in [-0.05, 0) is 31.2 Å². The molecule has 0 bridgehead atoms. The maximum Gasteiger partial charge on any atom is 0.387 e. The highest BCUT2D eigenvalue weighted by molar-refractivity contribution is 7.91. The van der Waals surface area contributed by atoms with Gasteiger partial charge in [0.1, 0.15) is 17.0 Å². The average molecular weight is 506 g/mol. The quantitative estimate of drug-likeness (QED) is 0.370. The van der Waals surface area contributed by atoms with Crippen molar-refractivity contribution in [2.75, 3.05) is 11.1 Å². The molecule has 0 spiro atoms. The van der Waals surface area contributed by atoms with Gasteiger partial charge in [-0.15, -0.1) is 0 Å². The van der Waals surface area contributed by atoms with Crippen molar-refractivity contribution in [3.63, 3.8) is 0 Å². The van der Waals surface area contributed by atoms with Gasteiger partial charge < -0.3 is 15.2 Å². The van der Waals surface area contributed by atoms with Crippen molar-refractivity contribution in [2.45, 2.75) is 24.5 Å². The molecule has 11 nitrogen and oxygen atoms in total. The van der Waals surface area contributed by atoms with Gasteiger partial charge in [0.05, 0.1) is 28.6 Å². The zero-order chi connectivity index (χ0) is 25.3. The van der Waals surface area contributed by atoms with Crippen LogP contribution in [0, 0.1) is 0 Å². The highest BCUT2D eigenvalue weighted by Crippen LogP contribution is 2.37. The van der Waals surface area contributed by atoms with Crippen LogP contribution in [-0.4, -0.2) is 62.3 Å². The smallest absolute Gasteiger partial charge is 0.387 e. The van der Waals surface area contributed by atoms with Gasteiger partial charge in [0.15, 0.2) is 15.5 Å². The Kier molecular flexibility index (Phi) is 6.49. The number of ether oxygens (including phenoxy) is 1. The number of benzene rings is 1. The molecule has 4 aromatic rings. The second-order valence-electron chi connectivity index (χ2n) is 7.63. The Morgan fingerprint density at radius 2 is 2.09 bits per heavy atom. The van der Waals surface area contributed by atoms with Crippen molar-refractivity contribution < 1.29 is 31.8 Å². The van der Waals surface area contributed by atoms with Gasteiger partial charge in [0, 0.05) is 31.2 Å². The number of amides is 1. The summed E-state index contributed by atoms with van der Waals surface area (Å²) in [5.41, 5.74) is 0.457. The lowest BCUT2D eigenvalue weighted by atomic mass is 10.1. The van der Waals surface area contributed by atoms with Crippen LogP contribution >= 0.6 is 0 Å². The summed E-state index contributed by atoms with van der Waals surface area (Å²) < 4.78 is 58.8. The Morgan fingerprint density at radius 1 is 1.31 bits per heavy atom.